The molecule has 0 saturated carbocycles. The van der Waals surface area contributed by atoms with Gasteiger partial charge < -0.3 is 15.0 Å². The highest BCUT2D eigenvalue weighted by atomic mass is 16.5. The summed E-state index contributed by atoms with van der Waals surface area (Å²) in [6, 6.07) is 8.20. The fourth-order valence-corrected chi connectivity index (χ4v) is 2.39. The minimum Gasteiger partial charge on any atom is -0.484 e. The van der Waals surface area contributed by atoms with Gasteiger partial charge >= 0.3 is 0 Å². The van der Waals surface area contributed by atoms with E-state index < -0.39 is 0 Å². The molecule has 1 saturated heterocycles. The van der Waals surface area contributed by atoms with E-state index in [-0.39, 0.29) is 12.5 Å². The standard InChI is InChI=1S/C16H24N2O2/c1-3-13-4-6-15(7-5-13)20-12-16(19)17-14-8-10-18(2)11-9-14/h4-7,14H,3,8-12H2,1-2H3,(H,17,19). The number of aryl methyl sites for hydroxylation is 1. The van der Waals surface area contributed by atoms with Gasteiger partial charge in [0.2, 0.25) is 0 Å². The number of ether oxygens (including phenoxy) is 1. The maximum Gasteiger partial charge on any atom is 0.258 e. The SMILES string of the molecule is CCc1ccc(OCC(=O)NC2CCN(C)CC2)cc1. The van der Waals surface area contributed by atoms with Crippen molar-refractivity contribution in [2.45, 2.75) is 32.2 Å². The van der Waals surface area contributed by atoms with Crippen molar-refractivity contribution in [1.29, 1.82) is 0 Å². The molecule has 0 aromatic heterocycles. The molecule has 1 heterocycles. The van der Waals surface area contributed by atoms with Crippen LogP contribution in [0.4, 0.5) is 0 Å². The molecule has 1 aromatic rings. The van der Waals surface area contributed by atoms with E-state index >= 15 is 0 Å². The molecule has 4 heteroatoms. The molecule has 1 N–H and O–H groups in total. The molecule has 20 heavy (non-hydrogen) atoms. The van der Waals surface area contributed by atoms with Gasteiger partial charge in [0.15, 0.2) is 6.61 Å². The molecule has 4 nitrogen and oxygen atoms in total. The molecule has 0 spiro atoms. The van der Waals surface area contributed by atoms with Gasteiger partial charge in [0.1, 0.15) is 5.75 Å². The number of rotatable bonds is 5. The van der Waals surface area contributed by atoms with Gasteiger partial charge in [0.25, 0.3) is 5.91 Å². The summed E-state index contributed by atoms with van der Waals surface area (Å²) in [5.41, 5.74) is 1.27. The Morgan fingerprint density at radius 2 is 1.95 bits per heavy atom. The van der Waals surface area contributed by atoms with Crippen LogP contribution in [0.15, 0.2) is 24.3 Å². The highest BCUT2D eigenvalue weighted by Crippen LogP contribution is 2.12. The number of hydrogen-bond donors (Lipinski definition) is 1. The molecule has 0 unspecified atom stereocenters. The maximum absolute atomic E-state index is 11.8. The molecule has 0 bridgehead atoms. The molecule has 0 atom stereocenters. The average molecular weight is 276 g/mol. The van der Waals surface area contributed by atoms with Crippen molar-refractivity contribution in [2.24, 2.45) is 0 Å². The first-order valence-electron chi connectivity index (χ1n) is 7.37. The van der Waals surface area contributed by atoms with Crippen molar-refractivity contribution in [3.8, 4) is 5.75 Å². The van der Waals surface area contributed by atoms with Crippen molar-refractivity contribution in [3.05, 3.63) is 29.8 Å². The fourth-order valence-electron chi connectivity index (χ4n) is 2.39. The number of hydrogen-bond acceptors (Lipinski definition) is 3. The van der Waals surface area contributed by atoms with E-state index in [4.69, 9.17) is 4.74 Å². The Bertz CT molecular complexity index is 423. The third kappa shape index (κ3) is 4.53. The Morgan fingerprint density at radius 3 is 2.55 bits per heavy atom. The van der Waals surface area contributed by atoms with Gasteiger partial charge in [0.05, 0.1) is 0 Å². The highest BCUT2D eigenvalue weighted by molar-refractivity contribution is 5.77. The summed E-state index contributed by atoms with van der Waals surface area (Å²) in [6.07, 6.45) is 3.05. The fraction of sp³-hybridized carbons (Fsp3) is 0.562. The van der Waals surface area contributed by atoms with E-state index in [0.717, 1.165) is 38.1 Å². The highest BCUT2D eigenvalue weighted by Gasteiger charge is 2.18. The lowest BCUT2D eigenvalue weighted by Gasteiger charge is -2.29. The summed E-state index contributed by atoms with van der Waals surface area (Å²) in [6.45, 7) is 4.30. The number of amides is 1. The zero-order valence-corrected chi connectivity index (χ0v) is 12.4. The van der Waals surface area contributed by atoms with Crippen LogP contribution < -0.4 is 10.1 Å². The second-order valence-corrected chi connectivity index (χ2v) is 5.43. The first-order chi connectivity index (χ1) is 9.67. The molecule has 1 fully saturated rings. The zero-order valence-electron chi connectivity index (χ0n) is 12.4. The Balaban J connectivity index is 1.71. The van der Waals surface area contributed by atoms with Gasteiger partial charge in [-0.25, -0.2) is 0 Å². The largest absolute Gasteiger partial charge is 0.484 e. The Hall–Kier alpha value is -1.55. The van der Waals surface area contributed by atoms with Crippen LogP contribution in [0.2, 0.25) is 0 Å². The predicted octanol–water partition coefficient (Wildman–Crippen LogP) is 1.84. The van der Waals surface area contributed by atoms with Crippen LogP contribution in [0, 0.1) is 0 Å². The molecule has 0 radical (unpaired) electrons. The van der Waals surface area contributed by atoms with Crippen LogP contribution in [0.3, 0.4) is 0 Å². The minimum atomic E-state index is -0.0286. The summed E-state index contributed by atoms with van der Waals surface area (Å²) < 4.78 is 5.51. The van der Waals surface area contributed by atoms with Crippen molar-refractivity contribution in [3.63, 3.8) is 0 Å². The maximum atomic E-state index is 11.8. The molecule has 1 aliphatic heterocycles. The number of likely N-dealkylation sites (tertiary alicyclic amines) is 1. The third-order valence-electron chi connectivity index (χ3n) is 3.79. The molecule has 1 aromatic carbocycles. The van der Waals surface area contributed by atoms with E-state index in [0.29, 0.717) is 6.04 Å². The summed E-state index contributed by atoms with van der Waals surface area (Å²) >= 11 is 0. The Kier molecular flexibility index (Phi) is 5.41. The quantitative estimate of drug-likeness (QED) is 0.892. The van der Waals surface area contributed by atoms with Crippen LogP contribution >= 0.6 is 0 Å². The van der Waals surface area contributed by atoms with Crippen LogP contribution in [0.25, 0.3) is 0 Å². The second-order valence-electron chi connectivity index (χ2n) is 5.43. The lowest BCUT2D eigenvalue weighted by atomic mass is 10.1. The summed E-state index contributed by atoms with van der Waals surface area (Å²) in [5.74, 6) is 0.722. The number of carbonyl (C=O) groups excluding carboxylic acids is 1. The normalized spacial score (nSPS) is 16.9. The predicted molar refractivity (Wildman–Crippen MR) is 80.0 cm³/mol. The van der Waals surface area contributed by atoms with E-state index in [2.05, 4.69) is 24.2 Å². The van der Waals surface area contributed by atoms with Gasteiger partial charge in [-0.2, -0.15) is 0 Å². The van der Waals surface area contributed by atoms with Crippen molar-refractivity contribution in [2.75, 3.05) is 26.7 Å². The van der Waals surface area contributed by atoms with Gasteiger partial charge in [-0.3, -0.25) is 4.79 Å². The molecule has 0 aliphatic carbocycles. The van der Waals surface area contributed by atoms with Crippen LogP contribution in [-0.2, 0) is 11.2 Å². The molecule has 1 aliphatic rings. The molecular weight excluding hydrogens is 252 g/mol. The lowest BCUT2D eigenvalue weighted by molar-refractivity contribution is -0.124. The number of carbonyl (C=O) groups is 1. The van der Waals surface area contributed by atoms with Crippen molar-refractivity contribution in [1.82, 2.24) is 10.2 Å². The third-order valence-corrected chi connectivity index (χ3v) is 3.79. The van der Waals surface area contributed by atoms with E-state index in [1.54, 1.807) is 0 Å². The van der Waals surface area contributed by atoms with E-state index in [1.807, 2.05) is 24.3 Å². The Labute approximate surface area is 121 Å². The van der Waals surface area contributed by atoms with Crippen LogP contribution in [-0.4, -0.2) is 43.6 Å². The van der Waals surface area contributed by atoms with Crippen LogP contribution in [0.1, 0.15) is 25.3 Å². The topological polar surface area (TPSA) is 41.6 Å². The lowest BCUT2D eigenvalue weighted by Crippen LogP contribution is -2.44. The van der Waals surface area contributed by atoms with E-state index in [1.165, 1.54) is 5.56 Å². The van der Waals surface area contributed by atoms with Gasteiger partial charge in [-0.1, -0.05) is 19.1 Å². The average Bonchev–Trinajstić information content (AvgIpc) is 2.48. The number of nitrogens with zero attached hydrogens (tertiary/aromatic N) is 1. The summed E-state index contributed by atoms with van der Waals surface area (Å²) in [7, 11) is 2.11. The molecule has 110 valence electrons. The molecule has 1 amide bonds. The summed E-state index contributed by atoms with van der Waals surface area (Å²) in [5, 5.41) is 3.04. The van der Waals surface area contributed by atoms with Gasteiger partial charge in [0, 0.05) is 6.04 Å². The smallest absolute Gasteiger partial charge is 0.258 e. The van der Waals surface area contributed by atoms with Crippen LogP contribution in [0.5, 0.6) is 5.75 Å². The Morgan fingerprint density at radius 1 is 1.30 bits per heavy atom. The monoisotopic (exact) mass is 276 g/mol. The number of benzene rings is 1. The van der Waals surface area contributed by atoms with Gasteiger partial charge in [-0.05, 0) is 57.1 Å². The second kappa shape index (κ2) is 7.29. The first-order valence-corrected chi connectivity index (χ1v) is 7.37. The summed E-state index contributed by atoms with van der Waals surface area (Å²) in [4.78, 5) is 14.1. The molecular formula is C16H24N2O2. The number of nitrogens with one attached hydrogen (secondary N) is 1. The zero-order chi connectivity index (χ0) is 14.4. The van der Waals surface area contributed by atoms with Gasteiger partial charge in [-0.15, -0.1) is 0 Å². The first kappa shape index (κ1) is 14.9. The molecule has 2 rings (SSSR count). The van der Waals surface area contributed by atoms with Crippen molar-refractivity contribution < 1.29 is 9.53 Å². The number of piperidine rings is 1. The van der Waals surface area contributed by atoms with Crippen molar-refractivity contribution >= 4 is 5.91 Å². The minimum absolute atomic E-state index is 0.0286. The van der Waals surface area contributed by atoms with E-state index in [9.17, 15) is 4.79 Å².